The summed E-state index contributed by atoms with van der Waals surface area (Å²) in [6.07, 6.45) is 12.7. The summed E-state index contributed by atoms with van der Waals surface area (Å²) in [5, 5.41) is 20.3. The minimum absolute atomic E-state index is 0.0000746. The number of hydrogen-bond acceptors (Lipinski definition) is 3. The van der Waals surface area contributed by atoms with Crippen molar-refractivity contribution in [1.82, 2.24) is 0 Å². The van der Waals surface area contributed by atoms with Crippen molar-refractivity contribution in [3.8, 4) is 0 Å². The molecule has 3 fully saturated rings. The van der Waals surface area contributed by atoms with Crippen LogP contribution in [-0.4, -0.2) is 22.0 Å². The zero-order valence-electron chi connectivity index (χ0n) is 21.0. The number of aliphatic hydroxyl groups excluding tert-OH is 1. The Labute approximate surface area is 197 Å². The van der Waals surface area contributed by atoms with Crippen LogP contribution in [0, 0.1) is 33.0 Å². The molecule has 2 N–H and O–H groups in total. The first-order valence-corrected chi connectivity index (χ1v) is 12.6. The van der Waals surface area contributed by atoms with Gasteiger partial charge >= 0.3 is 5.97 Å². The Hall–Kier alpha value is -2.10. The normalized spacial score (nSPS) is 46.8. The van der Waals surface area contributed by atoms with Gasteiger partial charge in [-0.1, -0.05) is 45.4 Å². The Kier molecular flexibility index (Phi) is 4.48. The molecule has 6 atom stereocenters. The highest BCUT2D eigenvalue weighted by molar-refractivity contribution is 6.06. The predicted molar refractivity (Wildman–Crippen MR) is 129 cm³/mol. The Morgan fingerprint density at radius 2 is 1.64 bits per heavy atom. The Morgan fingerprint density at radius 3 is 2.30 bits per heavy atom. The van der Waals surface area contributed by atoms with Crippen molar-refractivity contribution in [3.63, 3.8) is 0 Å². The van der Waals surface area contributed by atoms with Gasteiger partial charge in [-0.25, -0.2) is 0 Å². The number of ketones is 1. The van der Waals surface area contributed by atoms with Crippen LogP contribution in [0.5, 0.6) is 0 Å². The Morgan fingerprint density at radius 1 is 0.970 bits per heavy atom. The third-order valence-corrected chi connectivity index (χ3v) is 11.4. The SMILES string of the molecule is CC1=C(O)C(=O)C=C2C1=CC=C1[C@]2(C)CC[C@@]2(C)C3C[C@](C)(C(=O)O)CC[C@@]3(C)CC[C@@]12C. The van der Waals surface area contributed by atoms with Crippen molar-refractivity contribution in [1.29, 1.82) is 0 Å². The second-order valence-corrected chi connectivity index (χ2v) is 12.9. The third-order valence-electron chi connectivity index (χ3n) is 11.4. The van der Waals surface area contributed by atoms with Gasteiger partial charge in [-0.2, -0.15) is 0 Å². The van der Waals surface area contributed by atoms with E-state index >= 15 is 0 Å². The lowest BCUT2D eigenvalue weighted by Gasteiger charge is -2.70. The van der Waals surface area contributed by atoms with Gasteiger partial charge < -0.3 is 10.2 Å². The van der Waals surface area contributed by atoms with Crippen LogP contribution in [-0.2, 0) is 9.59 Å². The van der Waals surface area contributed by atoms with Crippen LogP contribution in [0.3, 0.4) is 0 Å². The topological polar surface area (TPSA) is 74.6 Å². The maximum atomic E-state index is 12.6. The summed E-state index contributed by atoms with van der Waals surface area (Å²) < 4.78 is 0. The number of carbonyl (C=O) groups is 2. The van der Waals surface area contributed by atoms with E-state index in [4.69, 9.17) is 0 Å². The van der Waals surface area contributed by atoms with E-state index in [2.05, 4.69) is 39.8 Å². The number of aliphatic hydroxyl groups is 1. The molecule has 4 nitrogen and oxygen atoms in total. The molecule has 0 amide bonds. The third kappa shape index (κ3) is 2.64. The van der Waals surface area contributed by atoms with Crippen molar-refractivity contribution >= 4 is 11.8 Å². The highest BCUT2D eigenvalue weighted by Gasteiger charge is 2.67. The molecule has 5 rings (SSSR count). The summed E-state index contributed by atoms with van der Waals surface area (Å²) in [4.78, 5) is 24.8. The lowest BCUT2D eigenvalue weighted by molar-refractivity contribution is -0.178. The monoisotopic (exact) mass is 450 g/mol. The number of carbonyl (C=O) groups excluding carboxylic acids is 1. The molecule has 1 unspecified atom stereocenters. The van der Waals surface area contributed by atoms with Crippen molar-refractivity contribution in [2.45, 2.75) is 86.5 Å². The first kappa shape index (κ1) is 22.7. The molecule has 33 heavy (non-hydrogen) atoms. The number of rotatable bonds is 1. The van der Waals surface area contributed by atoms with Crippen LogP contribution < -0.4 is 0 Å². The number of carboxylic acids is 1. The lowest BCUT2D eigenvalue weighted by Crippen LogP contribution is -2.62. The van der Waals surface area contributed by atoms with Gasteiger partial charge in [0, 0.05) is 11.0 Å². The quantitative estimate of drug-likeness (QED) is 0.466. The number of aliphatic carboxylic acids is 1. The summed E-state index contributed by atoms with van der Waals surface area (Å²) in [6, 6.07) is 0. The molecule has 178 valence electrons. The van der Waals surface area contributed by atoms with E-state index in [9.17, 15) is 19.8 Å². The van der Waals surface area contributed by atoms with Gasteiger partial charge in [0.25, 0.3) is 0 Å². The molecule has 5 aliphatic carbocycles. The summed E-state index contributed by atoms with van der Waals surface area (Å²) in [5.41, 5.74) is 3.33. The maximum absolute atomic E-state index is 12.6. The first-order chi connectivity index (χ1) is 15.2. The van der Waals surface area contributed by atoms with E-state index in [0.29, 0.717) is 11.5 Å². The summed E-state index contributed by atoms with van der Waals surface area (Å²) in [6.45, 7) is 13.3. The molecule has 0 saturated heterocycles. The highest BCUT2D eigenvalue weighted by Crippen LogP contribution is 2.75. The van der Waals surface area contributed by atoms with Gasteiger partial charge in [-0.15, -0.1) is 0 Å². The van der Waals surface area contributed by atoms with Crippen LogP contribution in [0.4, 0.5) is 0 Å². The molecular weight excluding hydrogens is 412 g/mol. The van der Waals surface area contributed by atoms with Crippen LogP contribution >= 0.6 is 0 Å². The fourth-order valence-corrected chi connectivity index (χ4v) is 8.65. The van der Waals surface area contributed by atoms with Crippen LogP contribution in [0.1, 0.15) is 86.5 Å². The molecule has 5 aliphatic rings. The number of hydrogen-bond donors (Lipinski definition) is 2. The molecule has 0 aromatic heterocycles. The van der Waals surface area contributed by atoms with Gasteiger partial charge in [-0.05, 0) is 98.2 Å². The molecule has 0 aliphatic heterocycles. The zero-order chi connectivity index (χ0) is 24.2. The lowest BCUT2D eigenvalue weighted by atomic mass is 9.34. The van der Waals surface area contributed by atoms with Crippen LogP contribution in [0.2, 0.25) is 0 Å². The Balaban J connectivity index is 1.64. The maximum Gasteiger partial charge on any atom is 0.309 e. The second-order valence-electron chi connectivity index (χ2n) is 12.9. The minimum Gasteiger partial charge on any atom is -0.504 e. The van der Waals surface area contributed by atoms with Crippen molar-refractivity contribution in [2.24, 2.45) is 33.0 Å². The largest absolute Gasteiger partial charge is 0.504 e. The van der Waals surface area contributed by atoms with Gasteiger partial charge in [0.2, 0.25) is 5.78 Å². The molecule has 0 radical (unpaired) electrons. The van der Waals surface area contributed by atoms with E-state index in [1.54, 1.807) is 6.08 Å². The molecule has 0 heterocycles. The highest BCUT2D eigenvalue weighted by atomic mass is 16.4. The fraction of sp³-hybridized carbons (Fsp3) is 0.655. The van der Waals surface area contributed by atoms with Crippen molar-refractivity contribution < 1.29 is 19.8 Å². The summed E-state index contributed by atoms with van der Waals surface area (Å²) >= 11 is 0. The van der Waals surface area contributed by atoms with Gasteiger partial charge in [0.05, 0.1) is 5.41 Å². The molecule has 0 aromatic rings. The molecular formula is C29H38O4. The number of carboxylic acid groups (broad SMARTS) is 1. The van der Waals surface area contributed by atoms with E-state index in [1.807, 2.05) is 13.8 Å². The van der Waals surface area contributed by atoms with Gasteiger partial charge in [0.1, 0.15) is 0 Å². The number of fused-ring (bicyclic) bond motifs is 7. The first-order valence-electron chi connectivity index (χ1n) is 12.6. The molecule has 0 aromatic carbocycles. The van der Waals surface area contributed by atoms with E-state index in [1.165, 1.54) is 5.57 Å². The smallest absolute Gasteiger partial charge is 0.309 e. The molecule has 3 saturated carbocycles. The zero-order valence-corrected chi connectivity index (χ0v) is 21.0. The predicted octanol–water partition coefficient (Wildman–Crippen LogP) is 6.70. The van der Waals surface area contributed by atoms with E-state index in [0.717, 1.165) is 56.1 Å². The van der Waals surface area contributed by atoms with E-state index < -0.39 is 11.4 Å². The Bertz CT molecular complexity index is 1100. The van der Waals surface area contributed by atoms with Gasteiger partial charge in [0.15, 0.2) is 5.76 Å². The van der Waals surface area contributed by atoms with Crippen LogP contribution in [0.15, 0.2) is 46.3 Å². The fourth-order valence-electron chi connectivity index (χ4n) is 8.65. The summed E-state index contributed by atoms with van der Waals surface area (Å²) in [7, 11) is 0. The van der Waals surface area contributed by atoms with Crippen molar-refractivity contribution in [3.05, 3.63) is 46.3 Å². The standard InChI is InChI=1S/C29H38O4/c1-17-18-7-8-21-27(4,19(18)15-20(30)23(17)31)12-14-29(6)22-16-26(3,24(32)33)10-9-25(22,2)11-13-28(21,29)5/h7-8,15,22,31H,9-14,16H2,1-6H3,(H,32,33)/t22?,25-,26+,27+,28-,29-/m0/s1. The minimum atomic E-state index is -0.655. The average Bonchev–Trinajstić information content (AvgIpc) is 2.75. The average molecular weight is 451 g/mol. The molecule has 0 bridgehead atoms. The molecule has 4 heteroatoms. The van der Waals surface area contributed by atoms with Crippen LogP contribution in [0.25, 0.3) is 0 Å². The second kappa shape index (κ2) is 6.52. The van der Waals surface area contributed by atoms with E-state index in [-0.39, 0.29) is 33.2 Å². The van der Waals surface area contributed by atoms with Gasteiger partial charge in [-0.3, -0.25) is 9.59 Å². The summed E-state index contributed by atoms with van der Waals surface area (Å²) in [5.74, 6) is -0.734. The number of allylic oxidation sites excluding steroid dienone is 7. The molecule has 0 spiro atoms. The van der Waals surface area contributed by atoms with Crippen molar-refractivity contribution in [2.75, 3.05) is 0 Å².